The normalized spacial score (nSPS) is 10.1. The van der Waals surface area contributed by atoms with Gasteiger partial charge in [-0.1, -0.05) is 18.2 Å². The van der Waals surface area contributed by atoms with Crippen LogP contribution >= 0.6 is 12.4 Å². The van der Waals surface area contributed by atoms with E-state index in [0.717, 1.165) is 22.4 Å². The van der Waals surface area contributed by atoms with Crippen LogP contribution in [0.15, 0.2) is 48.8 Å². The molecule has 0 amide bonds. The fraction of sp³-hybridized carbons (Fsp3) is 0.125. The van der Waals surface area contributed by atoms with E-state index in [1.54, 1.807) is 6.33 Å². The monoisotopic (exact) mass is 287 g/mol. The van der Waals surface area contributed by atoms with Crippen LogP contribution in [0.2, 0.25) is 0 Å². The van der Waals surface area contributed by atoms with Crippen molar-refractivity contribution in [1.82, 2.24) is 9.97 Å². The molecule has 1 heterocycles. The Labute approximate surface area is 126 Å². The number of aromatic nitrogens is 2. The Balaban J connectivity index is 0.00000110. The summed E-state index contributed by atoms with van der Waals surface area (Å²) in [5.74, 6) is 0.842. The maximum Gasteiger partial charge on any atom is 0.141 e. The van der Waals surface area contributed by atoms with Crippen molar-refractivity contribution in [3.8, 4) is 0 Å². The van der Waals surface area contributed by atoms with Crippen LogP contribution in [0.5, 0.6) is 0 Å². The molecular weight excluding hydrogens is 270 g/mol. The van der Waals surface area contributed by atoms with Gasteiger partial charge in [0.05, 0.1) is 5.52 Å². The van der Waals surface area contributed by atoms with E-state index in [9.17, 15) is 0 Å². The Morgan fingerprint density at radius 1 is 0.950 bits per heavy atom. The molecule has 3 nitrogen and oxygen atoms in total. The molecule has 0 atom stereocenters. The van der Waals surface area contributed by atoms with Crippen LogP contribution in [-0.4, -0.2) is 9.97 Å². The summed E-state index contributed by atoms with van der Waals surface area (Å²) < 4.78 is 0. The van der Waals surface area contributed by atoms with Crippen LogP contribution in [0.4, 0.5) is 11.5 Å². The molecule has 0 saturated carbocycles. The lowest BCUT2D eigenvalue weighted by Crippen LogP contribution is -1.96. The van der Waals surface area contributed by atoms with E-state index in [1.807, 2.05) is 24.3 Å². The maximum atomic E-state index is 4.33. The minimum Gasteiger partial charge on any atom is -0.340 e. The Morgan fingerprint density at radius 2 is 1.75 bits per heavy atom. The summed E-state index contributed by atoms with van der Waals surface area (Å²) >= 11 is 0. The van der Waals surface area contributed by atoms with E-state index in [2.05, 4.69) is 47.3 Å². The number of halogens is 1. The highest BCUT2D eigenvalue weighted by molar-refractivity contribution is 5.90. The zero-order chi connectivity index (χ0) is 13.2. The van der Waals surface area contributed by atoms with E-state index < -0.39 is 0 Å². The lowest BCUT2D eigenvalue weighted by atomic mass is 10.1. The molecule has 0 aliphatic rings. The van der Waals surface area contributed by atoms with Gasteiger partial charge >= 0.3 is 0 Å². The first-order valence-corrected chi connectivity index (χ1v) is 6.28. The molecule has 3 rings (SSSR count). The van der Waals surface area contributed by atoms with Gasteiger partial charge in [0.2, 0.25) is 0 Å². The first kappa shape index (κ1) is 14.3. The highest BCUT2D eigenvalue weighted by Crippen LogP contribution is 2.23. The molecule has 0 aliphatic carbocycles. The van der Waals surface area contributed by atoms with Gasteiger partial charge in [0, 0.05) is 12.5 Å². The second-order valence-electron chi connectivity index (χ2n) is 4.66. The van der Waals surface area contributed by atoms with Gasteiger partial charge in [-0.15, -0.1) is 12.4 Å². The highest BCUT2D eigenvalue weighted by Gasteiger charge is 2.03. The summed E-state index contributed by atoms with van der Waals surface area (Å²) in [6, 6.07) is 14.3. The third kappa shape index (κ3) is 2.73. The summed E-state index contributed by atoms with van der Waals surface area (Å²) in [6.45, 7) is 4.22. The van der Waals surface area contributed by atoms with E-state index in [1.165, 1.54) is 11.1 Å². The Bertz CT molecular complexity index is 741. The first-order chi connectivity index (χ1) is 9.24. The van der Waals surface area contributed by atoms with Crippen LogP contribution in [0.3, 0.4) is 0 Å². The molecule has 0 bridgehead atoms. The smallest absolute Gasteiger partial charge is 0.141 e. The van der Waals surface area contributed by atoms with Crippen LogP contribution in [0.25, 0.3) is 10.9 Å². The van der Waals surface area contributed by atoms with E-state index >= 15 is 0 Å². The van der Waals surface area contributed by atoms with Gasteiger partial charge in [0.25, 0.3) is 0 Å². The number of anilines is 2. The topological polar surface area (TPSA) is 37.8 Å². The fourth-order valence-corrected chi connectivity index (χ4v) is 2.06. The number of para-hydroxylation sites is 1. The summed E-state index contributed by atoms with van der Waals surface area (Å²) in [6.07, 6.45) is 1.59. The number of hydrogen-bond acceptors (Lipinski definition) is 3. The van der Waals surface area contributed by atoms with E-state index in [4.69, 9.17) is 0 Å². The second kappa shape index (κ2) is 5.88. The molecule has 3 aromatic rings. The molecule has 0 aliphatic heterocycles. The van der Waals surface area contributed by atoms with Crippen LogP contribution in [0, 0.1) is 13.8 Å². The van der Waals surface area contributed by atoms with Crippen molar-refractivity contribution in [2.24, 2.45) is 0 Å². The number of aryl methyl sites for hydroxylation is 2. The molecular formula is C16H18ClN3. The average molecular weight is 288 g/mol. The quantitative estimate of drug-likeness (QED) is 0.745. The number of nitrogens with one attached hydrogen (secondary N) is 1. The molecule has 4 heteroatoms. The highest BCUT2D eigenvalue weighted by atomic mass is 35.5. The van der Waals surface area contributed by atoms with Crippen LogP contribution in [-0.2, 0) is 0 Å². The SMILES string of the molecule is Cc1ccc(Nc2ncnc3ccccc23)cc1C.Cl.[HH]. The van der Waals surface area contributed by atoms with Gasteiger partial charge in [0.1, 0.15) is 12.1 Å². The van der Waals surface area contributed by atoms with Crippen molar-refractivity contribution in [2.45, 2.75) is 13.8 Å². The Kier molecular flexibility index (Phi) is 4.20. The van der Waals surface area contributed by atoms with Crippen molar-refractivity contribution < 1.29 is 1.43 Å². The molecule has 20 heavy (non-hydrogen) atoms. The predicted octanol–water partition coefficient (Wildman–Crippen LogP) is 4.66. The number of hydrogen-bond donors (Lipinski definition) is 1. The zero-order valence-corrected chi connectivity index (χ0v) is 12.2. The second-order valence-corrected chi connectivity index (χ2v) is 4.66. The molecule has 0 saturated heterocycles. The van der Waals surface area contributed by atoms with Gasteiger partial charge in [0.15, 0.2) is 0 Å². The average Bonchev–Trinajstić information content (AvgIpc) is 2.43. The molecule has 1 N–H and O–H groups in total. The number of nitrogens with zero attached hydrogens (tertiary/aromatic N) is 2. The molecule has 104 valence electrons. The van der Waals surface area contributed by atoms with Crippen molar-refractivity contribution >= 4 is 34.8 Å². The standard InChI is InChI=1S/C16H15N3.ClH.H2/c1-11-7-8-13(9-12(11)2)19-16-14-5-3-4-6-15(14)17-10-18-16;;/h3-10H,1-2H3,(H,17,18,19);2*1H. The minimum atomic E-state index is 0. The zero-order valence-electron chi connectivity index (χ0n) is 11.4. The number of benzene rings is 2. The van der Waals surface area contributed by atoms with Gasteiger partial charge in [-0.25, -0.2) is 9.97 Å². The molecule has 0 spiro atoms. The lowest BCUT2D eigenvalue weighted by Gasteiger charge is -2.09. The molecule has 1 aromatic heterocycles. The van der Waals surface area contributed by atoms with Gasteiger partial charge < -0.3 is 5.32 Å². The number of rotatable bonds is 2. The number of fused-ring (bicyclic) bond motifs is 1. The molecule has 0 radical (unpaired) electrons. The van der Waals surface area contributed by atoms with Crippen LogP contribution in [0.1, 0.15) is 12.6 Å². The van der Waals surface area contributed by atoms with Gasteiger partial charge in [-0.2, -0.15) is 0 Å². The van der Waals surface area contributed by atoms with Crippen molar-refractivity contribution in [2.75, 3.05) is 5.32 Å². The Morgan fingerprint density at radius 3 is 2.55 bits per heavy atom. The third-order valence-corrected chi connectivity index (χ3v) is 3.31. The van der Waals surface area contributed by atoms with Crippen molar-refractivity contribution in [3.63, 3.8) is 0 Å². The van der Waals surface area contributed by atoms with E-state index in [-0.39, 0.29) is 13.8 Å². The Hall–Kier alpha value is -2.13. The first-order valence-electron chi connectivity index (χ1n) is 6.28. The molecule has 0 unspecified atom stereocenters. The van der Waals surface area contributed by atoms with Gasteiger partial charge in [-0.3, -0.25) is 0 Å². The molecule has 2 aromatic carbocycles. The lowest BCUT2D eigenvalue weighted by molar-refractivity contribution is 1.22. The van der Waals surface area contributed by atoms with Crippen LogP contribution < -0.4 is 5.32 Å². The summed E-state index contributed by atoms with van der Waals surface area (Å²) in [5, 5.41) is 4.39. The van der Waals surface area contributed by atoms with E-state index in [0.29, 0.717) is 0 Å². The summed E-state index contributed by atoms with van der Waals surface area (Å²) in [5.41, 5.74) is 4.55. The van der Waals surface area contributed by atoms with Crippen molar-refractivity contribution in [1.29, 1.82) is 0 Å². The summed E-state index contributed by atoms with van der Waals surface area (Å²) in [4.78, 5) is 8.60. The predicted molar refractivity (Wildman–Crippen MR) is 88.1 cm³/mol. The minimum absolute atomic E-state index is 0. The largest absolute Gasteiger partial charge is 0.340 e. The fourth-order valence-electron chi connectivity index (χ4n) is 2.06. The van der Waals surface area contributed by atoms with Gasteiger partial charge in [-0.05, 0) is 49.2 Å². The molecule has 0 fully saturated rings. The third-order valence-electron chi connectivity index (χ3n) is 3.31. The maximum absolute atomic E-state index is 4.33. The van der Waals surface area contributed by atoms with Crippen molar-refractivity contribution in [3.05, 3.63) is 59.9 Å². The summed E-state index contributed by atoms with van der Waals surface area (Å²) in [7, 11) is 0.